The predicted molar refractivity (Wildman–Crippen MR) is 77.3 cm³/mol. The molecule has 0 heterocycles. The summed E-state index contributed by atoms with van der Waals surface area (Å²) in [6.45, 7) is 1.86. The highest BCUT2D eigenvalue weighted by Crippen LogP contribution is 2.44. The summed E-state index contributed by atoms with van der Waals surface area (Å²) in [4.78, 5) is 0.332. The van der Waals surface area contributed by atoms with Gasteiger partial charge in [0.1, 0.15) is 5.75 Å². The molecular weight excluding hydrogens is 274 g/mol. The number of benzene rings is 1. The van der Waals surface area contributed by atoms with Crippen LogP contribution in [0, 0.1) is 18.8 Å². The Morgan fingerprint density at radius 3 is 2.60 bits per heavy atom. The van der Waals surface area contributed by atoms with E-state index in [1.807, 2.05) is 6.92 Å². The summed E-state index contributed by atoms with van der Waals surface area (Å²) >= 11 is 0. The molecule has 0 spiro atoms. The number of fused-ring (bicyclic) bond motifs is 2. The molecule has 0 radical (unpaired) electrons. The monoisotopic (exact) mass is 295 g/mol. The first-order valence-corrected chi connectivity index (χ1v) is 8.65. The van der Waals surface area contributed by atoms with Crippen molar-refractivity contribution in [2.45, 2.75) is 43.5 Å². The van der Waals surface area contributed by atoms with Crippen LogP contribution in [0.25, 0.3) is 0 Å². The predicted octanol–water partition coefficient (Wildman–Crippen LogP) is 2.47. The molecule has 4 nitrogen and oxygen atoms in total. The molecular formula is C15H21NO3S. The van der Waals surface area contributed by atoms with Crippen molar-refractivity contribution in [1.29, 1.82) is 0 Å². The Morgan fingerprint density at radius 1 is 1.25 bits per heavy atom. The summed E-state index contributed by atoms with van der Waals surface area (Å²) in [5.74, 6) is 1.98. The number of sulfonamides is 1. The first kappa shape index (κ1) is 13.9. The van der Waals surface area contributed by atoms with Crippen LogP contribution >= 0.6 is 0 Å². The second-order valence-corrected chi connectivity index (χ2v) is 7.75. The third kappa shape index (κ3) is 2.44. The van der Waals surface area contributed by atoms with Gasteiger partial charge in [-0.1, -0.05) is 6.42 Å². The molecule has 20 heavy (non-hydrogen) atoms. The smallest absolute Gasteiger partial charge is 0.240 e. The summed E-state index contributed by atoms with van der Waals surface area (Å²) < 4.78 is 33.0. The highest BCUT2D eigenvalue weighted by Gasteiger charge is 2.41. The van der Waals surface area contributed by atoms with Gasteiger partial charge >= 0.3 is 0 Å². The summed E-state index contributed by atoms with van der Waals surface area (Å²) in [7, 11) is -1.83. The number of aryl methyl sites for hydroxylation is 1. The van der Waals surface area contributed by atoms with Crippen molar-refractivity contribution in [2.75, 3.05) is 7.11 Å². The van der Waals surface area contributed by atoms with Crippen LogP contribution in [0.3, 0.4) is 0 Å². The minimum Gasteiger partial charge on any atom is -0.496 e. The normalized spacial score (nSPS) is 28.8. The van der Waals surface area contributed by atoms with Gasteiger partial charge in [0.25, 0.3) is 0 Å². The fourth-order valence-corrected chi connectivity index (χ4v) is 5.08. The summed E-state index contributed by atoms with van der Waals surface area (Å²) in [6, 6.07) is 5.13. The summed E-state index contributed by atoms with van der Waals surface area (Å²) in [6.07, 6.45) is 4.62. The van der Waals surface area contributed by atoms with Gasteiger partial charge in [-0.25, -0.2) is 13.1 Å². The van der Waals surface area contributed by atoms with E-state index in [2.05, 4.69) is 4.72 Å². The fraction of sp³-hybridized carbons (Fsp3) is 0.600. The molecule has 2 aliphatic rings. The Bertz CT molecular complexity index is 612. The Morgan fingerprint density at radius 2 is 2.05 bits per heavy atom. The van der Waals surface area contributed by atoms with E-state index in [-0.39, 0.29) is 6.04 Å². The molecule has 0 aromatic heterocycles. The molecule has 5 heteroatoms. The summed E-state index contributed by atoms with van der Waals surface area (Å²) in [5.41, 5.74) is 0.836. The molecule has 0 amide bonds. The molecule has 0 saturated heterocycles. The van der Waals surface area contributed by atoms with Crippen molar-refractivity contribution >= 4 is 10.0 Å². The molecule has 1 aromatic carbocycles. The van der Waals surface area contributed by atoms with E-state index in [1.54, 1.807) is 25.3 Å². The number of rotatable bonds is 4. The van der Waals surface area contributed by atoms with Gasteiger partial charge in [0.05, 0.1) is 12.0 Å². The highest BCUT2D eigenvalue weighted by atomic mass is 32.2. The van der Waals surface area contributed by atoms with Gasteiger partial charge in [-0.3, -0.25) is 0 Å². The third-order valence-corrected chi connectivity index (χ3v) is 6.21. The molecule has 1 aromatic rings. The standard InChI is InChI=1S/C15H21NO3S/c1-10-7-13(5-6-15(10)19-2)20(17,18)16-14-9-11-3-4-12(14)8-11/h5-7,11-12,14,16H,3-4,8-9H2,1-2H3/t11-,12-,14+/m1/s1. The van der Waals surface area contributed by atoms with Crippen LogP contribution in [0.4, 0.5) is 0 Å². The van der Waals surface area contributed by atoms with Gasteiger partial charge in [0, 0.05) is 6.04 Å². The minimum atomic E-state index is -3.42. The van der Waals surface area contributed by atoms with Crippen molar-refractivity contribution in [3.63, 3.8) is 0 Å². The number of ether oxygens (including phenoxy) is 1. The zero-order chi connectivity index (χ0) is 14.3. The van der Waals surface area contributed by atoms with E-state index in [4.69, 9.17) is 4.74 Å². The molecule has 1 N–H and O–H groups in total. The van der Waals surface area contributed by atoms with Gasteiger partial charge in [0.15, 0.2) is 0 Å². The van der Waals surface area contributed by atoms with Crippen LogP contribution < -0.4 is 9.46 Å². The summed E-state index contributed by atoms with van der Waals surface area (Å²) in [5, 5.41) is 0. The van der Waals surface area contributed by atoms with Crippen molar-refractivity contribution in [3.8, 4) is 5.75 Å². The lowest BCUT2D eigenvalue weighted by molar-refractivity contribution is 0.390. The number of nitrogens with one attached hydrogen (secondary N) is 1. The molecule has 110 valence electrons. The number of hydrogen-bond donors (Lipinski definition) is 1. The molecule has 2 aliphatic carbocycles. The molecule has 3 rings (SSSR count). The van der Waals surface area contributed by atoms with Crippen LogP contribution in [-0.4, -0.2) is 21.6 Å². The average Bonchev–Trinajstić information content (AvgIpc) is 3.00. The lowest BCUT2D eigenvalue weighted by atomic mass is 9.96. The Hall–Kier alpha value is -1.07. The van der Waals surface area contributed by atoms with Crippen LogP contribution in [0.1, 0.15) is 31.2 Å². The average molecular weight is 295 g/mol. The van der Waals surface area contributed by atoms with E-state index in [0.717, 1.165) is 17.9 Å². The Balaban J connectivity index is 1.79. The van der Waals surface area contributed by atoms with Gasteiger partial charge in [-0.15, -0.1) is 0 Å². The van der Waals surface area contributed by atoms with Crippen LogP contribution in [0.5, 0.6) is 5.75 Å². The van der Waals surface area contributed by atoms with Crippen LogP contribution in [-0.2, 0) is 10.0 Å². The van der Waals surface area contributed by atoms with Gasteiger partial charge < -0.3 is 4.74 Å². The maximum Gasteiger partial charge on any atom is 0.240 e. The fourth-order valence-electron chi connectivity index (χ4n) is 3.67. The maximum absolute atomic E-state index is 12.5. The van der Waals surface area contributed by atoms with Crippen molar-refractivity contribution < 1.29 is 13.2 Å². The van der Waals surface area contributed by atoms with Crippen LogP contribution in [0.15, 0.2) is 23.1 Å². The van der Waals surface area contributed by atoms with E-state index in [0.29, 0.717) is 16.6 Å². The lowest BCUT2D eigenvalue weighted by Gasteiger charge is -2.22. The first-order chi connectivity index (χ1) is 9.49. The Labute approximate surface area is 120 Å². The van der Waals surface area contributed by atoms with Crippen molar-refractivity contribution in [1.82, 2.24) is 4.72 Å². The molecule has 2 bridgehead atoms. The molecule has 0 unspecified atom stereocenters. The van der Waals surface area contributed by atoms with Gasteiger partial charge in [-0.05, 0) is 61.8 Å². The van der Waals surface area contributed by atoms with E-state index in [1.165, 1.54) is 19.3 Å². The molecule has 2 saturated carbocycles. The number of hydrogen-bond acceptors (Lipinski definition) is 3. The zero-order valence-electron chi connectivity index (χ0n) is 11.9. The minimum absolute atomic E-state index is 0.126. The van der Waals surface area contributed by atoms with Crippen molar-refractivity contribution in [3.05, 3.63) is 23.8 Å². The van der Waals surface area contributed by atoms with Crippen molar-refractivity contribution in [2.24, 2.45) is 11.8 Å². The van der Waals surface area contributed by atoms with Crippen LogP contribution in [0.2, 0.25) is 0 Å². The van der Waals surface area contributed by atoms with E-state index in [9.17, 15) is 8.42 Å². The molecule has 0 aliphatic heterocycles. The molecule has 2 fully saturated rings. The first-order valence-electron chi connectivity index (χ1n) is 7.16. The quantitative estimate of drug-likeness (QED) is 0.928. The topological polar surface area (TPSA) is 55.4 Å². The largest absolute Gasteiger partial charge is 0.496 e. The highest BCUT2D eigenvalue weighted by molar-refractivity contribution is 7.89. The van der Waals surface area contributed by atoms with E-state index >= 15 is 0 Å². The second-order valence-electron chi connectivity index (χ2n) is 6.03. The van der Waals surface area contributed by atoms with E-state index < -0.39 is 10.0 Å². The Kier molecular flexibility index (Phi) is 3.50. The molecule has 3 atom stereocenters. The third-order valence-electron chi connectivity index (χ3n) is 4.72. The maximum atomic E-state index is 12.5. The second kappa shape index (κ2) is 5.04. The number of methoxy groups -OCH3 is 1. The lowest BCUT2D eigenvalue weighted by Crippen LogP contribution is -2.38. The zero-order valence-corrected chi connectivity index (χ0v) is 12.7. The van der Waals surface area contributed by atoms with Gasteiger partial charge in [-0.2, -0.15) is 0 Å². The van der Waals surface area contributed by atoms with Gasteiger partial charge in [0.2, 0.25) is 10.0 Å². The SMILES string of the molecule is COc1ccc(S(=O)(=O)N[C@H]2C[C@@H]3CC[C@@H]2C3)cc1C.